The first-order chi connectivity index (χ1) is 14.7. The number of carbonyl (C=O) groups is 1. The highest BCUT2D eigenvalue weighted by Crippen LogP contribution is 2.35. The fourth-order valence-electron chi connectivity index (χ4n) is 2.93. The summed E-state index contributed by atoms with van der Waals surface area (Å²) in [6.45, 7) is 0.222. The van der Waals surface area contributed by atoms with Gasteiger partial charge in [0, 0.05) is 15.7 Å². The highest BCUT2D eigenvalue weighted by Gasteiger charge is 2.16. The predicted octanol–water partition coefficient (Wildman–Crippen LogP) is 4.01. The number of anilines is 1. The molecule has 2 aromatic heterocycles. The molecule has 0 radical (unpaired) electrons. The van der Waals surface area contributed by atoms with Crippen LogP contribution in [0.2, 0.25) is 0 Å². The summed E-state index contributed by atoms with van der Waals surface area (Å²) in [5.41, 5.74) is 2.97. The molecule has 1 N–H and O–H groups in total. The monoisotopic (exact) mass is 483 g/mol. The Balaban J connectivity index is 1.33. The molecule has 30 heavy (non-hydrogen) atoms. The maximum atomic E-state index is 12.3. The molecule has 0 saturated heterocycles. The summed E-state index contributed by atoms with van der Waals surface area (Å²) in [5.74, 6) is 1.47. The fraction of sp³-hybridized carbons (Fsp3) is 0.100. The van der Waals surface area contributed by atoms with Gasteiger partial charge in [0.05, 0.1) is 11.4 Å². The van der Waals surface area contributed by atoms with Crippen LogP contribution >= 0.6 is 27.7 Å². The maximum Gasteiger partial charge on any atom is 0.234 e. The molecule has 0 fully saturated rings. The van der Waals surface area contributed by atoms with Crippen molar-refractivity contribution in [2.75, 3.05) is 17.9 Å². The number of hydrogen-bond donors (Lipinski definition) is 1. The SMILES string of the molecule is O=C(CSc1nnc2ccc(-c3ccc4c(c3)OCO4)nn12)Nc1ccc(Br)cc1. The highest BCUT2D eigenvalue weighted by molar-refractivity contribution is 9.10. The van der Waals surface area contributed by atoms with E-state index in [2.05, 4.69) is 36.5 Å². The van der Waals surface area contributed by atoms with Crippen LogP contribution in [-0.2, 0) is 4.79 Å². The van der Waals surface area contributed by atoms with Crippen molar-refractivity contribution in [3.05, 3.63) is 59.1 Å². The molecule has 4 aromatic rings. The van der Waals surface area contributed by atoms with Gasteiger partial charge in [-0.25, -0.2) is 0 Å². The molecule has 1 amide bonds. The summed E-state index contributed by atoms with van der Waals surface area (Å²) in [5, 5.41) is 16.3. The van der Waals surface area contributed by atoms with Gasteiger partial charge in [0.2, 0.25) is 17.9 Å². The summed E-state index contributed by atoms with van der Waals surface area (Å²) >= 11 is 4.65. The minimum absolute atomic E-state index is 0.133. The zero-order chi connectivity index (χ0) is 20.5. The van der Waals surface area contributed by atoms with E-state index in [1.54, 1.807) is 4.52 Å². The second-order valence-corrected chi connectivity index (χ2v) is 8.24. The van der Waals surface area contributed by atoms with Crippen LogP contribution in [0.3, 0.4) is 0 Å². The van der Waals surface area contributed by atoms with Crippen LogP contribution in [0, 0.1) is 0 Å². The predicted molar refractivity (Wildman–Crippen MR) is 116 cm³/mol. The summed E-state index contributed by atoms with van der Waals surface area (Å²) < 4.78 is 13.4. The molecular formula is C20H14BrN5O3S. The van der Waals surface area contributed by atoms with Gasteiger partial charge >= 0.3 is 0 Å². The van der Waals surface area contributed by atoms with E-state index in [-0.39, 0.29) is 18.5 Å². The number of amides is 1. The minimum Gasteiger partial charge on any atom is -0.454 e. The van der Waals surface area contributed by atoms with Gasteiger partial charge in [0.25, 0.3) is 0 Å². The molecule has 1 aliphatic heterocycles. The van der Waals surface area contributed by atoms with Gasteiger partial charge in [-0.1, -0.05) is 27.7 Å². The zero-order valence-corrected chi connectivity index (χ0v) is 17.8. The summed E-state index contributed by atoms with van der Waals surface area (Å²) in [6.07, 6.45) is 0. The number of ether oxygens (including phenoxy) is 2. The third-order valence-corrected chi connectivity index (χ3v) is 5.81. The molecule has 0 bridgehead atoms. The lowest BCUT2D eigenvalue weighted by atomic mass is 10.1. The lowest BCUT2D eigenvalue weighted by Crippen LogP contribution is -2.14. The number of nitrogens with one attached hydrogen (secondary N) is 1. The Hall–Kier alpha value is -3.11. The number of hydrogen-bond acceptors (Lipinski definition) is 7. The van der Waals surface area contributed by atoms with E-state index in [1.807, 2.05) is 54.6 Å². The molecule has 0 unspecified atom stereocenters. The van der Waals surface area contributed by atoms with Gasteiger partial charge in [-0.3, -0.25) is 4.79 Å². The molecular weight excluding hydrogens is 470 g/mol. The minimum atomic E-state index is -0.133. The topological polar surface area (TPSA) is 90.6 Å². The maximum absolute atomic E-state index is 12.3. The number of nitrogens with zero attached hydrogens (tertiary/aromatic N) is 4. The Morgan fingerprint density at radius 2 is 1.90 bits per heavy atom. The van der Waals surface area contributed by atoms with Crippen molar-refractivity contribution in [2.24, 2.45) is 0 Å². The summed E-state index contributed by atoms with van der Waals surface area (Å²) in [6, 6.07) is 16.8. The number of halogens is 1. The van der Waals surface area contributed by atoms with Crippen LogP contribution in [-0.4, -0.2) is 38.3 Å². The molecule has 2 aromatic carbocycles. The molecule has 5 rings (SSSR count). The first-order valence-electron chi connectivity index (χ1n) is 8.96. The Morgan fingerprint density at radius 1 is 1.07 bits per heavy atom. The van der Waals surface area contributed by atoms with E-state index in [1.165, 1.54) is 11.8 Å². The quantitative estimate of drug-likeness (QED) is 0.428. The first-order valence-corrected chi connectivity index (χ1v) is 10.7. The molecule has 150 valence electrons. The van der Waals surface area contributed by atoms with Crippen LogP contribution in [0.15, 0.2) is 64.2 Å². The lowest BCUT2D eigenvalue weighted by Gasteiger charge is -2.05. The van der Waals surface area contributed by atoms with Crippen molar-refractivity contribution < 1.29 is 14.3 Å². The zero-order valence-electron chi connectivity index (χ0n) is 15.4. The molecule has 1 aliphatic rings. The Morgan fingerprint density at radius 3 is 2.77 bits per heavy atom. The Bertz CT molecular complexity index is 1250. The second kappa shape index (κ2) is 7.96. The lowest BCUT2D eigenvalue weighted by molar-refractivity contribution is -0.113. The number of fused-ring (bicyclic) bond motifs is 2. The smallest absolute Gasteiger partial charge is 0.234 e. The van der Waals surface area contributed by atoms with Crippen LogP contribution < -0.4 is 14.8 Å². The van der Waals surface area contributed by atoms with E-state index in [4.69, 9.17) is 9.47 Å². The van der Waals surface area contributed by atoms with Crippen molar-refractivity contribution in [1.82, 2.24) is 19.8 Å². The number of rotatable bonds is 5. The average molecular weight is 484 g/mol. The third-order valence-electron chi connectivity index (χ3n) is 4.36. The van der Waals surface area contributed by atoms with E-state index in [0.29, 0.717) is 16.6 Å². The van der Waals surface area contributed by atoms with Gasteiger partial charge in [0.1, 0.15) is 0 Å². The van der Waals surface area contributed by atoms with Crippen molar-refractivity contribution in [3.8, 4) is 22.8 Å². The number of benzene rings is 2. The number of carbonyl (C=O) groups excluding carboxylic acids is 1. The number of aromatic nitrogens is 4. The van der Waals surface area contributed by atoms with E-state index >= 15 is 0 Å². The van der Waals surface area contributed by atoms with Gasteiger partial charge < -0.3 is 14.8 Å². The van der Waals surface area contributed by atoms with Crippen molar-refractivity contribution in [3.63, 3.8) is 0 Å². The summed E-state index contributed by atoms with van der Waals surface area (Å²) in [4.78, 5) is 12.3. The third kappa shape index (κ3) is 3.83. The van der Waals surface area contributed by atoms with Crippen LogP contribution in [0.1, 0.15) is 0 Å². The fourth-order valence-corrected chi connectivity index (χ4v) is 3.88. The molecule has 0 atom stereocenters. The summed E-state index contributed by atoms with van der Waals surface area (Å²) in [7, 11) is 0. The van der Waals surface area contributed by atoms with Gasteiger partial charge in [-0.05, 0) is 54.6 Å². The van der Waals surface area contributed by atoms with Crippen LogP contribution in [0.5, 0.6) is 11.5 Å². The molecule has 8 nitrogen and oxygen atoms in total. The molecule has 0 spiro atoms. The van der Waals surface area contributed by atoms with Crippen LogP contribution in [0.25, 0.3) is 16.9 Å². The van der Waals surface area contributed by atoms with E-state index in [9.17, 15) is 4.79 Å². The first kappa shape index (κ1) is 18.9. The molecule has 3 heterocycles. The molecule has 0 aliphatic carbocycles. The van der Waals surface area contributed by atoms with Crippen molar-refractivity contribution in [2.45, 2.75) is 5.16 Å². The van der Waals surface area contributed by atoms with Crippen molar-refractivity contribution >= 4 is 44.9 Å². The Kier molecular flexibility index (Phi) is 5.01. The standard InChI is InChI=1S/C20H14BrN5O3S/c21-13-2-4-14(5-3-13)22-19(27)10-30-20-24-23-18-8-6-15(25-26(18)20)12-1-7-16-17(9-12)29-11-28-16/h1-9H,10-11H2,(H,22,27). The van der Waals surface area contributed by atoms with Crippen LogP contribution in [0.4, 0.5) is 5.69 Å². The number of thioether (sulfide) groups is 1. The van der Waals surface area contributed by atoms with Gasteiger partial charge in [0.15, 0.2) is 17.1 Å². The normalized spacial score (nSPS) is 12.3. The Labute approximate surface area is 183 Å². The van der Waals surface area contributed by atoms with Gasteiger partial charge in [-0.2, -0.15) is 9.61 Å². The second-order valence-electron chi connectivity index (χ2n) is 6.38. The largest absolute Gasteiger partial charge is 0.454 e. The highest BCUT2D eigenvalue weighted by atomic mass is 79.9. The molecule has 0 saturated carbocycles. The van der Waals surface area contributed by atoms with Crippen molar-refractivity contribution in [1.29, 1.82) is 0 Å². The van der Waals surface area contributed by atoms with Gasteiger partial charge in [-0.15, -0.1) is 10.2 Å². The average Bonchev–Trinajstić information content (AvgIpc) is 3.39. The van der Waals surface area contributed by atoms with E-state index < -0.39 is 0 Å². The molecule has 10 heteroatoms. The van der Waals surface area contributed by atoms with E-state index in [0.717, 1.165) is 27.2 Å².